The third-order valence-electron chi connectivity index (χ3n) is 19.4. The first kappa shape index (κ1) is 90.0. The number of hydrogen-bond donors (Lipinski definition) is 2. The van der Waals surface area contributed by atoms with Gasteiger partial charge in [0.15, 0.2) is 0 Å². The maximum absolute atomic E-state index is 13.1. The fourth-order valence-corrected chi connectivity index (χ4v) is 13.8. The Bertz CT molecular complexity index is 1530. The minimum absolute atomic E-state index is 0.00323. The van der Waals surface area contributed by atoms with E-state index in [9.17, 15) is 19.4 Å². The van der Waals surface area contributed by atoms with E-state index in [0.29, 0.717) is 17.4 Å². The minimum atomic E-state index is -4.61. The second kappa shape index (κ2) is 73.2. The molecular weight excluding hydrogens is 1140 g/mol. The normalized spacial score (nSPS) is 13.5. The van der Waals surface area contributed by atoms with Crippen LogP contribution in [0.4, 0.5) is 0 Å². The van der Waals surface area contributed by atoms with Gasteiger partial charge >= 0.3 is 0 Å². The first-order valence-electron chi connectivity index (χ1n) is 41.2. The first-order valence-corrected chi connectivity index (χ1v) is 42.7. The Hall–Kier alpha value is -1.02. The van der Waals surface area contributed by atoms with Crippen LogP contribution in [0.3, 0.4) is 0 Å². The predicted molar refractivity (Wildman–Crippen MR) is 399 cm³/mol. The van der Waals surface area contributed by atoms with Crippen molar-refractivity contribution < 1.29 is 32.9 Å². The number of aliphatic hydroxyl groups is 1. The molecule has 0 aromatic heterocycles. The Kier molecular flexibility index (Phi) is 72.4. The number of amides is 1. The fraction of sp³-hybridized carbons (Fsp3) is 0.939. The smallest absolute Gasteiger partial charge is 0.268 e. The lowest BCUT2D eigenvalue weighted by molar-refractivity contribution is -0.870. The van der Waals surface area contributed by atoms with Crippen molar-refractivity contribution in [1.82, 2.24) is 5.32 Å². The molecule has 0 heterocycles. The largest absolute Gasteiger partial charge is 0.756 e. The van der Waals surface area contributed by atoms with Crippen LogP contribution in [0.1, 0.15) is 444 Å². The van der Waals surface area contributed by atoms with Crippen LogP contribution in [0, 0.1) is 0 Å². The summed E-state index contributed by atoms with van der Waals surface area (Å²) in [5.74, 6) is -0.196. The van der Waals surface area contributed by atoms with E-state index in [1.54, 1.807) is 6.08 Å². The number of carbonyl (C=O) groups excluding carboxylic acids is 1. The molecule has 0 fully saturated rings. The SMILES string of the molecule is CCCCCCCCCCCCCCCCCCCCCCCCCCC/C=C/CC/C=C/C(O)C(COP(=O)([O-])OCC[N+](C)(C)C)NC(=O)CCCCCCCCCCCCCCCCCCCCCCCCCCCCCCCCCCCCCCCC. The number of aliphatic hydroxyl groups excluding tert-OH is 1. The molecule has 0 aliphatic heterocycles. The highest BCUT2D eigenvalue weighted by Crippen LogP contribution is 2.38. The topological polar surface area (TPSA) is 108 Å². The lowest BCUT2D eigenvalue weighted by Crippen LogP contribution is -2.45. The lowest BCUT2D eigenvalue weighted by atomic mass is 10.0. The zero-order valence-electron chi connectivity index (χ0n) is 62.3. The molecule has 3 atom stereocenters. The van der Waals surface area contributed by atoms with Gasteiger partial charge in [-0.05, 0) is 32.1 Å². The van der Waals surface area contributed by atoms with Crippen LogP contribution < -0.4 is 10.2 Å². The van der Waals surface area contributed by atoms with Crippen molar-refractivity contribution in [1.29, 1.82) is 0 Å². The molecule has 0 radical (unpaired) electrons. The van der Waals surface area contributed by atoms with Crippen molar-refractivity contribution in [2.24, 2.45) is 0 Å². The van der Waals surface area contributed by atoms with E-state index < -0.39 is 20.0 Å². The van der Waals surface area contributed by atoms with Crippen molar-refractivity contribution in [2.75, 3.05) is 40.9 Å². The van der Waals surface area contributed by atoms with E-state index in [2.05, 4.69) is 31.3 Å². The van der Waals surface area contributed by atoms with Gasteiger partial charge in [0, 0.05) is 6.42 Å². The number of likely N-dealkylation sites (N-methyl/N-ethyl adjacent to an activating group) is 1. The third kappa shape index (κ3) is 76.2. The molecule has 0 aliphatic rings. The van der Waals surface area contributed by atoms with E-state index in [1.807, 2.05) is 27.2 Å². The average molecular weight is 1300 g/mol. The van der Waals surface area contributed by atoms with E-state index in [-0.39, 0.29) is 19.1 Å². The van der Waals surface area contributed by atoms with Gasteiger partial charge in [0.25, 0.3) is 7.82 Å². The second-order valence-electron chi connectivity index (χ2n) is 29.8. The number of rotatable bonds is 78. The number of carbonyl (C=O) groups is 1. The number of unbranched alkanes of at least 4 members (excludes halogenated alkanes) is 63. The molecule has 91 heavy (non-hydrogen) atoms. The van der Waals surface area contributed by atoms with Crippen LogP contribution in [-0.4, -0.2) is 68.5 Å². The number of nitrogens with zero attached hydrogens (tertiary/aromatic N) is 1. The zero-order chi connectivity index (χ0) is 66.2. The highest BCUT2D eigenvalue weighted by Gasteiger charge is 2.23. The summed E-state index contributed by atoms with van der Waals surface area (Å²) in [4.78, 5) is 25.7. The van der Waals surface area contributed by atoms with Gasteiger partial charge in [-0.15, -0.1) is 0 Å². The molecule has 0 aliphatic carbocycles. The molecule has 1 amide bonds. The quantitative estimate of drug-likeness (QED) is 0.0272. The molecule has 2 N–H and O–H groups in total. The Morgan fingerprint density at radius 2 is 0.615 bits per heavy atom. The number of phosphoric acid groups is 1. The summed E-state index contributed by atoms with van der Waals surface area (Å²) in [6.07, 6.45) is 98.1. The van der Waals surface area contributed by atoms with Gasteiger partial charge in [-0.25, -0.2) is 0 Å². The monoisotopic (exact) mass is 1300 g/mol. The minimum Gasteiger partial charge on any atom is -0.756 e. The van der Waals surface area contributed by atoms with Gasteiger partial charge in [0.05, 0.1) is 39.9 Å². The van der Waals surface area contributed by atoms with Gasteiger partial charge in [0.1, 0.15) is 13.2 Å². The maximum Gasteiger partial charge on any atom is 0.268 e. The maximum atomic E-state index is 13.1. The molecule has 9 heteroatoms. The summed E-state index contributed by atoms with van der Waals surface area (Å²) in [7, 11) is 1.27. The van der Waals surface area contributed by atoms with E-state index >= 15 is 0 Å². The number of hydrogen-bond acceptors (Lipinski definition) is 6. The highest BCUT2D eigenvalue weighted by molar-refractivity contribution is 7.45. The highest BCUT2D eigenvalue weighted by atomic mass is 31.2. The Morgan fingerprint density at radius 1 is 0.374 bits per heavy atom. The number of quaternary nitrogens is 1. The Morgan fingerprint density at radius 3 is 0.890 bits per heavy atom. The van der Waals surface area contributed by atoms with Crippen LogP contribution >= 0.6 is 7.82 Å². The fourth-order valence-electron chi connectivity index (χ4n) is 13.1. The van der Waals surface area contributed by atoms with Gasteiger partial charge < -0.3 is 28.8 Å². The summed E-state index contributed by atoms with van der Waals surface area (Å²) in [6, 6.07) is -0.903. The molecule has 8 nitrogen and oxygen atoms in total. The average Bonchev–Trinajstić information content (AvgIpc) is 3.73. The van der Waals surface area contributed by atoms with E-state index in [1.165, 1.54) is 385 Å². The summed E-state index contributed by atoms with van der Waals surface area (Å²) >= 11 is 0. The molecule has 0 rings (SSSR count). The molecule has 3 unspecified atom stereocenters. The predicted octanol–water partition coefficient (Wildman–Crippen LogP) is 26.3. The Labute approximate surface area is 570 Å². The molecule has 542 valence electrons. The van der Waals surface area contributed by atoms with Crippen molar-refractivity contribution in [3.63, 3.8) is 0 Å². The van der Waals surface area contributed by atoms with Crippen molar-refractivity contribution in [3.8, 4) is 0 Å². The molecule has 0 spiro atoms. The van der Waals surface area contributed by atoms with Crippen molar-refractivity contribution >= 4 is 13.7 Å². The summed E-state index contributed by atoms with van der Waals surface area (Å²) in [5.41, 5.74) is 0. The summed E-state index contributed by atoms with van der Waals surface area (Å²) in [6.45, 7) is 4.71. The van der Waals surface area contributed by atoms with E-state index in [4.69, 9.17) is 9.05 Å². The van der Waals surface area contributed by atoms with Gasteiger partial charge in [0.2, 0.25) is 5.91 Å². The first-order chi connectivity index (χ1) is 44.5. The third-order valence-corrected chi connectivity index (χ3v) is 20.4. The van der Waals surface area contributed by atoms with Gasteiger partial charge in [-0.3, -0.25) is 9.36 Å². The van der Waals surface area contributed by atoms with Crippen LogP contribution in [-0.2, 0) is 18.4 Å². The molecule has 0 aromatic rings. The molecular formula is C82H163N2O6P. The molecule has 0 saturated carbocycles. The van der Waals surface area contributed by atoms with Crippen molar-refractivity contribution in [2.45, 2.75) is 456 Å². The number of phosphoric ester groups is 1. The van der Waals surface area contributed by atoms with Crippen LogP contribution in [0.2, 0.25) is 0 Å². The van der Waals surface area contributed by atoms with Crippen LogP contribution in [0.5, 0.6) is 0 Å². The summed E-state index contributed by atoms with van der Waals surface area (Å²) in [5, 5.41) is 14.0. The zero-order valence-corrected chi connectivity index (χ0v) is 63.2. The van der Waals surface area contributed by atoms with Crippen LogP contribution in [0.15, 0.2) is 24.3 Å². The number of nitrogens with one attached hydrogen (secondary N) is 1. The summed E-state index contributed by atoms with van der Waals surface area (Å²) < 4.78 is 23.5. The molecule has 0 saturated heterocycles. The van der Waals surface area contributed by atoms with E-state index in [0.717, 1.165) is 38.5 Å². The second-order valence-corrected chi connectivity index (χ2v) is 31.2. The standard InChI is InChI=1S/C82H163N2O6P/c1-6-8-10-12-14-16-18-20-22-24-26-28-30-32-34-36-38-39-40-41-42-43-44-46-48-50-52-54-56-58-60-62-64-66-68-70-72-74-76-82(86)83-80(79-90-91(87,88)89-78-77-84(3,4)5)81(85)75-73-71-69-67-65-63-61-59-57-55-53-51-49-47-45-37-35-33-31-29-27-25-23-21-19-17-15-13-11-9-7-2/h65,67,73,75,80-81,85H,6-64,66,68-72,74,76-79H2,1-5H3,(H-,83,86,87,88)/b67-65+,75-73+. The Balaban J connectivity index is 3.93. The van der Waals surface area contributed by atoms with Crippen molar-refractivity contribution in [3.05, 3.63) is 24.3 Å². The molecule has 0 bridgehead atoms. The van der Waals surface area contributed by atoms with Gasteiger partial charge in [-0.2, -0.15) is 0 Å². The van der Waals surface area contributed by atoms with Crippen LogP contribution in [0.25, 0.3) is 0 Å². The lowest BCUT2D eigenvalue weighted by Gasteiger charge is -2.29. The van der Waals surface area contributed by atoms with Gasteiger partial charge in [-0.1, -0.05) is 430 Å². The molecule has 0 aromatic carbocycles. The number of allylic oxidation sites excluding steroid dienone is 3.